The molecule has 24 heavy (non-hydrogen) atoms. The molecule has 0 radical (unpaired) electrons. The maximum atomic E-state index is 13.8. The van der Waals surface area contributed by atoms with Gasteiger partial charge in [0.1, 0.15) is 11.6 Å². The molecule has 7 heteroatoms. The van der Waals surface area contributed by atoms with Crippen LogP contribution in [0, 0.1) is 11.6 Å². The summed E-state index contributed by atoms with van der Waals surface area (Å²) in [7, 11) is 1.68. The average molecular weight is 333 g/mol. The summed E-state index contributed by atoms with van der Waals surface area (Å²) >= 11 is 0. The molecule has 0 spiro atoms. The Morgan fingerprint density at radius 3 is 2.79 bits per heavy atom. The van der Waals surface area contributed by atoms with Crippen LogP contribution in [0.5, 0.6) is 0 Å². The van der Waals surface area contributed by atoms with Crippen molar-refractivity contribution in [3.05, 3.63) is 53.9 Å². The third-order valence-corrected chi connectivity index (χ3v) is 4.12. The predicted octanol–water partition coefficient (Wildman–Crippen LogP) is 2.27. The zero-order valence-corrected chi connectivity index (χ0v) is 13.5. The van der Waals surface area contributed by atoms with Crippen molar-refractivity contribution in [2.24, 2.45) is 4.99 Å². The number of guanidine groups is 1. The zero-order valence-electron chi connectivity index (χ0n) is 13.5. The summed E-state index contributed by atoms with van der Waals surface area (Å²) in [5.41, 5.74) is 0.170. The van der Waals surface area contributed by atoms with Crippen LogP contribution in [0.15, 0.2) is 41.7 Å². The molecule has 2 N–H and O–H groups in total. The van der Waals surface area contributed by atoms with Crippen molar-refractivity contribution in [1.82, 2.24) is 20.4 Å². The number of nitrogens with one attached hydrogen (secondary N) is 2. The van der Waals surface area contributed by atoms with Gasteiger partial charge in [0.2, 0.25) is 0 Å². The van der Waals surface area contributed by atoms with E-state index in [1.54, 1.807) is 13.2 Å². The summed E-state index contributed by atoms with van der Waals surface area (Å²) in [6, 6.07) is 5.89. The number of hydrogen-bond donors (Lipinski definition) is 2. The summed E-state index contributed by atoms with van der Waals surface area (Å²) < 4.78 is 29.5. The van der Waals surface area contributed by atoms with Gasteiger partial charge in [-0.1, -0.05) is 6.07 Å². The van der Waals surface area contributed by atoms with Gasteiger partial charge in [0.15, 0.2) is 5.96 Å². The highest BCUT2D eigenvalue weighted by molar-refractivity contribution is 5.80. The van der Waals surface area contributed by atoms with E-state index in [2.05, 4.69) is 20.7 Å². The van der Waals surface area contributed by atoms with Gasteiger partial charge in [-0.3, -0.25) is 9.67 Å². The van der Waals surface area contributed by atoms with Crippen LogP contribution in [0.25, 0.3) is 0 Å². The van der Waals surface area contributed by atoms with E-state index < -0.39 is 11.6 Å². The minimum atomic E-state index is -0.480. The number of hydrogen-bond acceptors (Lipinski definition) is 2. The Morgan fingerprint density at radius 1 is 1.33 bits per heavy atom. The molecule has 1 heterocycles. The molecular formula is C17H21F2N5. The van der Waals surface area contributed by atoms with Gasteiger partial charge in [-0.25, -0.2) is 8.78 Å². The van der Waals surface area contributed by atoms with Crippen LogP contribution in [0.3, 0.4) is 0 Å². The smallest absolute Gasteiger partial charge is 0.191 e. The first-order valence-corrected chi connectivity index (χ1v) is 8.07. The van der Waals surface area contributed by atoms with E-state index >= 15 is 0 Å². The van der Waals surface area contributed by atoms with Crippen molar-refractivity contribution in [1.29, 1.82) is 0 Å². The molecule has 5 nitrogen and oxygen atoms in total. The topological polar surface area (TPSA) is 54.2 Å². The lowest BCUT2D eigenvalue weighted by molar-refractivity contribution is 0.552. The first kappa shape index (κ1) is 16.4. The molecule has 0 saturated heterocycles. The largest absolute Gasteiger partial charge is 0.356 e. The van der Waals surface area contributed by atoms with Crippen molar-refractivity contribution < 1.29 is 8.78 Å². The quantitative estimate of drug-likeness (QED) is 0.484. The highest BCUT2D eigenvalue weighted by Gasteiger charge is 2.42. The van der Waals surface area contributed by atoms with E-state index in [0.717, 1.165) is 19.5 Å². The second kappa shape index (κ2) is 7.42. The number of benzene rings is 1. The minimum absolute atomic E-state index is 0.00807. The molecule has 2 aromatic rings. The predicted molar refractivity (Wildman–Crippen MR) is 88.8 cm³/mol. The Hall–Kier alpha value is -2.44. The van der Waals surface area contributed by atoms with Gasteiger partial charge in [0, 0.05) is 50.1 Å². The van der Waals surface area contributed by atoms with Crippen LogP contribution in [0.2, 0.25) is 0 Å². The Bertz CT molecular complexity index is 679. The highest BCUT2D eigenvalue weighted by Crippen LogP contribution is 2.42. The highest BCUT2D eigenvalue weighted by atomic mass is 19.1. The minimum Gasteiger partial charge on any atom is -0.356 e. The lowest BCUT2D eigenvalue weighted by Gasteiger charge is -2.12. The van der Waals surface area contributed by atoms with Gasteiger partial charge in [0.25, 0.3) is 0 Å². The average Bonchev–Trinajstić information content (AvgIpc) is 3.10. The number of aryl methyl sites for hydroxylation is 1. The van der Waals surface area contributed by atoms with E-state index in [4.69, 9.17) is 0 Å². The molecule has 1 aliphatic rings. The monoisotopic (exact) mass is 333 g/mol. The third-order valence-electron chi connectivity index (χ3n) is 4.12. The van der Waals surface area contributed by atoms with Crippen LogP contribution in [0.4, 0.5) is 8.78 Å². The molecule has 0 bridgehead atoms. The maximum Gasteiger partial charge on any atom is 0.191 e. The molecule has 2 unspecified atom stereocenters. The van der Waals surface area contributed by atoms with Crippen molar-refractivity contribution in [3.8, 4) is 0 Å². The van der Waals surface area contributed by atoms with Crippen molar-refractivity contribution in [3.63, 3.8) is 0 Å². The van der Waals surface area contributed by atoms with E-state index in [1.165, 1.54) is 18.2 Å². The second-order valence-corrected chi connectivity index (χ2v) is 5.85. The van der Waals surface area contributed by atoms with E-state index in [0.29, 0.717) is 12.4 Å². The third kappa shape index (κ3) is 3.90. The molecule has 1 aromatic carbocycles. The van der Waals surface area contributed by atoms with E-state index in [1.807, 2.05) is 16.9 Å². The molecule has 1 aromatic heterocycles. The molecule has 0 aliphatic heterocycles. The second-order valence-electron chi connectivity index (χ2n) is 5.85. The molecule has 2 atom stereocenters. The summed E-state index contributed by atoms with van der Waals surface area (Å²) in [6.45, 7) is 1.56. The van der Waals surface area contributed by atoms with Crippen LogP contribution in [0.1, 0.15) is 24.3 Å². The fraction of sp³-hybridized carbons (Fsp3) is 0.412. The van der Waals surface area contributed by atoms with Crippen molar-refractivity contribution in [2.75, 3.05) is 13.6 Å². The number of halogens is 2. The van der Waals surface area contributed by atoms with Crippen LogP contribution in [-0.4, -0.2) is 35.4 Å². The van der Waals surface area contributed by atoms with Gasteiger partial charge < -0.3 is 10.6 Å². The van der Waals surface area contributed by atoms with Gasteiger partial charge in [-0.05, 0) is 31.0 Å². The Morgan fingerprint density at radius 2 is 2.12 bits per heavy atom. The van der Waals surface area contributed by atoms with Crippen LogP contribution in [-0.2, 0) is 6.54 Å². The normalized spacial score (nSPS) is 20.0. The molecule has 1 fully saturated rings. The van der Waals surface area contributed by atoms with Gasteiger partial charge in [0.05, 0.1) is 0 Å². The number of nitrogens with zero attached hydrogens (tertiary/aromatic N) is 3. The molecule has 1 aliphatic carbocycles. The SMILES string of the molecule is CN=C(NCCCn1cccn1)NC1CC1c1c(F)cccc1F. The summed E-state index contributed by atoms with van der Waals surface area (Å²) in [5.74, 6) is -0.452. The molecule has 0 amide bonds. The number of aliphatic imine (C=N–C) groups is 1. The van der Waals surface area contributed by atoms with Crippen LogP contribution < -0.4 is 10.6 Å². The molecular weight excluding hydrogens is 312 g/mol. The van der Waals surface area contributed by atoms with Gasteiger partial charge >= 0.3 is 0 Å². The van der Waals surface area contributed by atoms with E-state index in [9.17, 15) is 8.78 Å². The Balaban J connectivity index is 1.45. The number of rotatable bonds is 6. The molecule has 128 valence electrons. The maximum absolute atomic E-state index is 13.8. The zero-order chi connectivity index (χ0) is 16.9. The van der Waals surface area contributed by atoms with Crippen LogP contribution >= 0.6 is 0 Å². The lowest BCUT2D eigenvalue weighted by atomic mass is 10.1. The van der Waals surface area contributed by atoms with Gasteiger partial charge in [-0.15, -0.1) is 0 Å². The first-order valence-electron chi connectivity index (χ1n) is 8.07. The van der Waals surface area contributed by atoms with Crippen molar-refractivity contribution in [2.45, 2.75) is 31.3 Å². The number of aromatic nitrogens is 2. The fourth-order valence-corrected chi connectivity index (χ4v) is 2.79. The molecule has 1 saturated carbocycles. The summed E-state index contributed by atoms with van der Waals surface area (Å²) in [5, 5.41) is 10.6. The Kier molecular flexibility index (Phi) is 5.08. The summed E-state index contributed by atoms with van der Waals surface area (Å²) in [6.07, 6.45) is 5.28. The van der Waals surface area contributed by atoms with E-state index in [-0.39, 0.29) is 17.5 Å². The van der Waals surface area contributed by atoms with Crippen molar-refractivity contribution >= 4 is 5.96 Å². The lowest BCUT2D eigenvalue weighted by Crippen LogP contribution is -2.39. The fourth-order valence-electron chi connectivity index (χ4n) is 2.79. The van der Waals surface area contributed by atoms with Gasteiger partial charge in [-0.2, -0.15) is 5.10 Å². The summed E-state index contributed by atoms with van der Waals surface area (Å²) in [4.78, 5) is 4.16. The Labute approximate surface area is 139 Å². The molecule has 3 rings (SSSR count). The first-order chi connectivity index (χ1) is 11.7. The standard InChI is InChI=1S/C17H21F2N5/c1-20-17(21-7-3-9-24-10-4-8-22-24)23-15-11-12(15)16-13(18)5-2-6-14(16)19/h2,4-6,8,10,12,15H,3,7,9,11H2,1H3,(H2,20,21,23).